The smallest absolute Gasteiger partial charge is 0.289 e. The monoisotopic (exact) mass is 381 g/mol. The van der Waals surface area contributed by atoms with Gasteiger partial charge in [0.25, 0.3) is 5.91 Å². The molecule has 0 aliphatic carbocycles. The van der Waals surface area contributed by atoms with Crippen molar-refractivity contribution in [2.45, 2.75) is 32.4 Å². The largest absolute Gasteiger partial charge is 0.459 e. The zero-order valence-corrected chi connectivity index (χ0v) is 16.3. The number of likely N-dealkylation sites (tertiary alicyclic amines) is 1. The van der Waals surface area contributed by atoms with Crippen LogP contribution in [0.4, 0.5) is 0 Å². The van der Waals surface area contributed by atoms with Crippen LogP contribution >= 0.6 is 0 Å². The molecular formula is C22H27N3O3. The molecule has 6 nitrogen and oxygen atoms in total. The topological polar surface area (TPSA) is 57.0 Å². The molecule has 6 heteroatoms. The highest BCUT2D eigenvalue weighted by Gasteiger charge is 2.35. The lowest BCUT2D eigenvalue weighted by atomic mass is 10.1. The van der Waals surface area contributed by atoms with E-state index < -0.39 is 0 Å². The number of benzene rings is 1. The Morgan fingerprint density at radius 3 is 2.54 bits per heavy atom. The molecule has 1 unspecified atom stereocenters. The lowest BCUT2D eigenvalue weighted by molar-refractivity contribution is -0.137. The third-order valence-corrected chi connectivity index (χ3v) is 5.73. The summed E-state index contributed by atoms with van der Waals surface area (Å²) in [4.78, 5) is 31.5. The molecule has 1 aromatic carbocycles. The molecule has 2 amide bonds. The maximum absolute atomic E-state index is 13.1. The molecule has 0 spiro atoms. The first-order chi connectivity index (χ1) is 13.6. The molecule has 1 atom stereocenters. The van der Waals surface area contributed by atoms with Gasteiger partial charge in [0.2, 0.25) is 5.91 Å². The van der Waals surface area contributed by atoms with Gasteiger partial charge in [-0.1, -0.05) is 29.8 Å². The number of piperazine rings is 1. The van der Waals surface area contributed by atoms with Gasteiger partial charge >= 0.3 is 0 Å². The average Bonchev–Trinajstić information content (AvgIpc) is 3.39. The van der Waals surface area contributed by atoms with Gasteiger partial charge in [-0.2, -0.15) is 0 Å². The van der Waals surface area contributed by atoms with Crippen molar-refractivity contribution in [3.63, 3.8) is 0 Å². The second-order valence-electron chi connectivity index (χ2n) is 7.71. The van der Waals surface area contributed by atoms with Crippen molar-refractivity contribution in [1.29, 1.82) is 0 Å². The molecule has 2 aliphatic rings. The van der Waals surface area contributed by atoms with E-state index in [4.69, 9.17) is 4.42 Å². The van der Waals surface area contributed by atoms with E-state index in [-0.39, 0.29) is 17.9 Å². The zero-order valence-electron chi connectivity index (χ0n) is 16.3. The van der Waals surface area contributed by atoms with Gasteiger partial charge in [-0.05, 0) is 44.0 Å². The van der Waals surface area contributed by atoms with Gasteiger partial charge in [-0.3, -0.25) is 14.5 Å². The van der Waals surface area contributed by atoms with Crippen LogP contribution in [0.5, 0.6) is 0 Å². The first-order valence-electron chi connectivity index (χ1n) is 10.0. The standard InChI is InChI=1S/C22H27N3O3/c1-17-5-2-6-18(15-17)16-25-9-3-7-19(25)21(26)23-10-12-24(13-11-23)22(27)20-8-4-14-28-20/h2,4-6,8,14-15,19H,3,7,9-13,16H2,1H3. The number of rotatable bonds is 4. The Labute approximate surface area is 165 Å². The fourth-order valence-electron chi connectivity index (χ4n) is 4.24. The average molecular weight is 381 g/mol. The van der Waals surface area contributed by atoms with Crippen LogP contribution < -0.4 is 0 Å². The van der Waals surface area contributed by atoms with Crippen molar-refractivity contribution in [2.24, 2.45) is 0 Å². The normalized spacial score (nSPS) is 20.5. The summed E-state index contributed by atoms with van der Waals surface area (Å²) >= 11 is 0. The fraction of sp³-hybridized carbons (Fsp3) is 0.455. The van der Waals surface area contributed by atoms with Crippen LogP contribution in [0, 0.1) is 6.92 Å². The van der Waals surface area contributed by atoms with Crippen molar-refractivity contribution in [2.75, 3.05) is 32.7 Å². The van der Waals surface area contributed by atoms with Gasteiger partial charge in [-0.15, -0.1) is 0 Å². The number of hydrogen-bond donors (Lipinski definition) is 0. The minimum absolute atomic E-state index is 0.0483. The summed E-state index contributed by atoms with van der Waals surface area (Å²) in [5, 5.41) is 0. The molecule has 2 aliphatic heterocycles. The maximum atomic E-state index is 13.1. The molecule has 2 saturated heterocycles. The van der Waals surface area contributed by atoms with Crippen LogP contribution in [-0.2, 0) is 11.3 Å². The number of amides is 2. The lowest BCUT2D eigenvalue weighted by Crippen LogP contribution is -2.54. The Kier molecular flexibility index (Phi) is 5.48. The van der Waals surface area contributed by atoms with Gasteiger partial charge in [0.15, 0.2) is 5.76 Å². The molecule has 0 radical (unpaired) electrons. The van der Waals surface area contributed by atoms with E-state index in [0.29, 0.717) is 31.9 Å². The molecule has 0 N–H and O–H groups in total. The van der Waals surface area contributed by atoms with Gasteiger partial charge < -0.3 is 14.2 Å². The highest BCUT2D eigenvalue weighted by Crippen LogP contribution is 2.23. The van der Waals surface area contributed by atoms with E-state index in [1.54, 1.807) is 17.0 Å². The predicted octanol–water partition coefficient (Wildman–Crippen LogP) is 2.54. The van der Waals surface area contributed by atoms with E-state index >= 15 is 0 Å². The van der Waals surface area contributed by atoms with Crippen molar-refractivity contribution in [1.82, 2.24) is 14.7 Å². The van der Waals surface area contributed by atoms with Gasteiger partial charge in [0, 0.05) is 32.7 Å². The minimum Gasteiger partial charge on any atom is -0.459 e. The molecule has 1 aromatic heterocycles. The quantitative estimate of drug-likeness (QED) is 0.817. The lowest BCUT2D eigenvalue weighted by Gasteiger charge is -2.37. The Balaban J connectivity index is 1.34. The Hall–Kier alpha value is -2.60. The number of furan rings is 1. The van der Waals surface area contributed by atoms with E-state index in [1.807, 2.05) is 4.90 Å². The van der Waals surface area contributed by atoms with Crippen molar-refractivity contribution >= 4 is 11.8 Å². The van der Waals surface area contributed by atoms with Crippen LogP contribution in [0.15, 0.2) is 47.1 Å². The van der Waals surface area contributed by atoms with Gasteiger partial charge in [-0.25, -0.2) is 0 Å². The van der Waals surface area contributed by atoms with E-state index in [0.717, 1.165) is 25.9 Å². The number of carbonyl (C=O) groups is 2. The molecule has 2 fully saturated rings. The summed E-state index contributed by atoms with van der Waals surface area (Å²) in [5.74, 6) is 0.467. The first-order valence-corrected chi connectivity index (χ1v) is 10.0. The molecule has 3 heterocycles. The van der Waals surface area contributed by atoms with E-state index in [2.05, 4.69) is 36.1 Å². The Bertz CT molecular complexity index is 825. The molecule has 148 valence electrons. The molecule has 0 bridgehead atoms. The number of aryl methyl sites for hydroxylation is 1. The Morgan fingerprint density at radius 1 is 1.04 bits per heavy atom. The second kappa shape index (κ2) is 8.19. The van der Waals surface area contributed by atoms with Crippen molar-refractivity contribution in [3.8, 4) is 0 Å². The van der Waals surface area contributed by atoms with Crippen molar-refractivity contribution in [3.05, 3.63) is 59.5 Å². The van der Waals surface area contributed by atoms with Crippen LogP contribution in [0.2, 0.25) is 0 Å². The van der Waals surface area contributed by atoms with Crippen LogP contribution in [0.25, 0.3) is 0 Å². The number of nitrogens with zero attached hydrogens (tertiary/aromatic N) is 3. The highest BCUT2D eigenvalue weighted by atomic mass is 16.3. The van der Waals surface area contributed by atoms with Crippen LogP contribution in [0.3, 0.4) is 0 Å². The Morgan fingerprint density at radius 2 is 1.82 bits per heavy atom. The van der Waals surface area contributed by atoms with Gasteiger partial charge in [0.1, 0.15) is 0 Å². The predicted molar refractivity (Wildman–Crippen MR) is 106 cm³/mol. The SMILES string of the molecule is Cc1cccc(CN2CCCC2C(=O)N2CCN(C(=O)c3ccco3)CC2)c1. The summed E-state index contributed by atoms with van der Waals surface area (Å²) in [5.41, 5.74) is 2.51. The molecule has 2 aromatic rings. The second-order valence-corrected chi connectivity index (χ2v) is 7.71. The van der Waals surface area contributed by atoms with Gasteiger partial charge in [0.05, 0.1) is 12.3 Å². The first kappa shape index (κ1) is 18.7. The third kappa shape index (κ3) is 3.97. The number of carbonyl (C=O) groups excluding carboxylic acids is 2. The third-order valence-electron chi connectivity index (χ3n) is 5.73. The molecule has 28 heavy (non-hydrogen) atoms. The van der Waals surface area contributed by atoms with E-state index in [9.17, 15) is 9.59 Å². The van der Waals surface area contributed by atoms with Crippen LogP contribution in [-0.4, -0.2) is 65.3 Å². The fourth-order valence-corrected chi connectivity index (χ4v) is 4.24. The molecule has 4 rings (SSSR count). The summed E-state index contributed by atoms with van der Waals surface area (Å²) in [7, 11) is 0. The summed E-state index contributed by atoms with van der Waals surface area (Å²) in [6, 6.07) is 11.8. The zero-order chi connectivity index (χ0) is 19.5. The van der Waals surface area contributed by atoms with Crippen LogP contribution in [0.1, 0.15) is 34.5 Å². The summed E-state index contributed by atoms with van der Waals surface area (Å²) in [6.07, 6.45) is 3.48. The minimum atomic E-state index is -0.0981. The summed E-state index contributed by atoms with van der Waals surface area (Å²) < 4.78 is 5.20. The highest BCUT2D eigenvalue weighted by molar-refractivity contribution is 5.91. The van der Waals surface area contributed by atoms with E-state index in [1.165, 1.54) is 17.4 Å². The molecular weight excluding hydrogens is 354 g/mol. The number of hydrogen-bond acceptors (Lipinski definition) is 4. The van der Waals surface area contributed by atoms with Crippen molar-refractivity contribution < 1.29 is 14.0 Å². The summed E-state index contributed by atoms with van der Waals surface area (Å²) in [6.45, 7) is 6.14. The molecule has 0 saturated carbocycles. The maximum Gasteiger partial charge on any atom is 0.289 e.